The van der Waals surface area contributed by atoms with Crippen molar-refractivity contribution in [2.45, 2.75) is 77.1 Å². The van der Waals surface area contributed by atoms with E-state index in [-0.39, 0.29) is 48.5 Å². The number of fused-ring (bicyclic) bond motifs is 2. The maximum Gasteiger partial charge on any atom is 0.410 e. The van der Waals surface area contributed by atoms with Gasteiger partial charge in [0.25, 0.3) is 0 Å². The number of carbonyl (C=O) groups excluding carboxylic acids is 2. The van der Waals surface area contributed by atoms with Gasteiger partial charge < -0.3 is 18.9 Å². The molecule has 1 aromatic carbocycles. The second kappa shape index (κ2) is 11.5. The van der Waals surface area contributed by atoms with Gasteiger partial charge in [0.2, 0.25) is 0 Å². The van der Waals surface area contributed by atoms with Crippen LogP contribution in [0.25, 0.3) is 32.6 Å². The van der Waals surface area contributed by atoms with Gasteiger partial charge in [-0.3, -0.25) is 14.4 Å². The Morgan fingerprint density at radius 2 is 1.83 bits per heavy atom. The summed E-state index contributed by atoms with van der Waals surface area (Å²) in [5.41, 5.74) is 1.51. The first-order chi connectivity index (χ1) is 22.8. The van der Waals surface area contributed by atoms with Crippen molar-refractivity contribution in [2.75, 3.05) is 27.4 Å². The van der Waals surface area contributed by atoms with Crippen LogP contribution in [0.4, 0.5) is 13.6 Å². The van der Waals surface area contributed by atoms with Gasteiger partial charge in [0.1, 0.15) is 41.0 Å². The minimum atomic E-state index is -0.795. The average molecular weight is 681 g/mol. The number of pyridine rings is 1. The second-order valence-corrected chi connectivity index (χ2v) is 15.1. The number of ether oxygens (including phenoxy) is 4. The molecule has 4 aromatic rings. The van der Waals surface area contributed by atoms with Gasteiger partial charge in [0.15, 0.2) is 0 Å². The Hall–Kier alpha value is -4.10. The molecule has 0 unspecified atom stereocenters. The molecule has 2 bridgehead atoms. The molecule has 1 aliphatic heterocycles. The maximum absolute atomic E-state index is 16.1. The molecule has 13 heteroatoms. The maximum atomic E-state index is 16.1. The van der Waals surface area contributed by atoms with Crippen molar-refractivity contribution in [3.05, 3.63) is 52.7 Å². The summed E-state index contributed by atoms with van der Waals surface area (Å²) in [5.74, 6) is -1.75. The second-order valence-electron chi connectivity index (χ2n) is 14.2. The van der Waals surface area contributed by atoms with Crippen molar-refractivity contribution in [3.63, 3.8) is 0 Å². The van der Waals surface area contributed by atoms with Crippen LogP contribution >= 0.6 is 11.3 Å². The molecular formula is C35H38F2N4O6S. The highest BCUT2D eigenvalue weighted by Crippen LogP contribution is 2.74. The Bertz CT molecular complexity index is 1930. The minimum Gasteiger partial charge on any atom is -0.490 e. The molecule has 0 N–H and O–H groups in total. The normalized spacial score (nSPS) is 22.9. The van der Waals surface area contributed by atoms with Crippen molar-refractivity contribution in [1.82, 2.24) is 19.7 Å². The number of benzene rings is 1. The number of amides is 1. The molecule has 1 amide bonds. The molecule has 1 atom stereocenters. The zero-order valence-corrected chi connectivity index (χ0v) is 28.6. The topological polar surface area (TPSA) is 105 Å². The summed E-state index contributed by atoms with van der Waals surface area (Å²) in [6.45, 7) is 8.40. The standard InChI is InChI=1S/C35H38F2N4O6S/c1-19-14-41-21(15-40(19)32(43)47-33(2,3)4)13-24(39-41)28-27(26-23(37)11-20(36)12-25(26)46-9-8-44-5)29-22(7-10-48-29)30(38-28)34-16-35(17-34,18-34)31(42)45-6/h7,10-13,19H,8-9,14-18H2,1-6H3/t19-,34?,35?/m1/s1. The van der Waals surface area contributed by atoms with Gasteiger partial charge in [-0.1, -0.05) is 0 Å². The molecule has 8 rings (SSSR count). The Morgan fingerprint density at radius 3 is 2.52 bits per heavy atom. The lowest BCUT2D eigenvalue weighted by Crippen LogP contribution is -2.68. The molecule has 0 spiro atoms. The fourth-order valence-corrected chi connectivity index (χ4v) is 8.51. The number of aromatic nitrogens is 3. The fourth-order valence-electron chi connectivity index (χ4n) is 7.56. The number of nitrogens with zero attached hydrogens (tertiary/aromatic N) is 4. The molecule has 3 aromatic heterocycles. The van der Waals surface area contributed by atoms with Crippen LogP contribution in [0.2, 0.25) is 0 Å². The van der Waals surface area contributed by atoms with E-state index in [2.05, 4.69) is 0 Å². The van der Waals surface area contributed by atoms with E-state index in [0.29, 0.717) is 42.8 Å². The first-order valence-corrected chi connectivity index (χ1v) is 16.8. The van der Waals surface area contributed by atoms with E-state index in [9.17, 15) is 14.0 Å². The minimum absolute atomic E-state index is 0.0268. The summed E-state index contributed by atoms with van der Waals surface area (Å²) in [7, 11) is 2.93. The molecule has 3 saturated carbocycles. The Labute approximate surface area is 280 Å². The van der Waals surface area contributed by atoms with Crippen LogP contribution < -0.4 is 4.74 Å². The Morgan fingerprint density at radius 1 is 1.08 bits per heavy atom. The van der Waals surface area contributed by atoms with Gasteiger partial charge in [-0.2, -0.15) is 5.10 Å². The van der Waals surface area contributed by atoms with Crippen LogP contribution in [0, 0.1) is 17.0 Å². The number of hydrogen-bond donors (Lipinski definition) is 0. The predicted octanol–water partition coefficient (Wildman–Crippen LogP) is 6.86. The lowest BCUT2D eigenvalue weighted by Gasteiger charge is -2.68. The van der Waals surface area contributed by atoms with Crippen molar-refractivity contribution < 1.29 is 37.3 Å². The molecule has 4 aliphatic rings. The quantitative estimate of drug-likeness (QED) is 0.147. The first kappa shape index (κ1) is 32.4. The van der Waals surface area contributed by atoms with Crippen LogP contribution in [-0.2, 0) is 37.5 Å². The summed E-state index contributed by atoms with van der Waals surface area (Å²) in [6, 6.07) is 5.64. The van der Waals surface area contributed by atoms with E-state index in [1.807, 2.05) is 49.9 Å². The van der Waals surface area contributed by atoms with E-state index in [0.717, 1.165) is 27.5 Å². The van der Waals surface area contributed by atoms with Gasteiger partial charge in [-0.05, 0) is 64.5 Å². The van der Waals surface area contributed by atoms with Crippen molar-refractivity contribution >= 4 is 33.5 Å². The highest BCUT2D eigenvalue weighted by Gasteiger charge is 2.73. The summed E-state index contributed by atoms with van der Waals surface area (Å²) < 4.78 is 55.1. The summed E-state index contributed by atoms with van der Waals surface area (Å²) in [6.07, 6.45) is 1.42. The number of thiophene rings is 1. The van der Waals surface area contributed by atoms with Crippen LogP contribution in [0.1, 0.15) is 58.3 Å². The number of hydrogen-bond acceptors (Lipinski definition) is 9. The van der Waals surface area contributed by atoms with Gasteiger partial charge in [0.05, 0.1) is 55.2 Å². The van der Waals surface area contributed by atoms with Crippen LogP contribution in [0.15, 0.2) is 29.6 Å². The van der Waals surface area contributed by atoms with Crippen molar-refractivity contribution in [1.29, 1.82) is 0 Å². The summed E-state index contributed by atoms with van der Waals surface area (Å²) in [5, 5.41) is 7.72. The van der Waals surface area contributed by atoms with E-state index in [4.69, 9.17) is 29.0 Å². The van der Waals surface area contributed by atoms with E-state index >= 15 is 4.39 Å². The average Bonchev–Trinajstić information content (AvgIpc) is 3.62. The van der Waals surface area contributed by atoms with Gasteiger partial charge in [0, 0.05) is 40.3 Å². The highest BCUT2D eigenvalue weighted by molar-refractivity contribution is 7.17. The predicted molar refractivity (Wildman–Crippen MR) is 175 cm³/mol. The largest absolute Gasteiger partial charge is 0.490 e. The Kier molecular flexibility index (Phi) is 7.78. The number of carbonyl (C=O) groups is 2. The third kappa shape index (κ3) is 5.22. The molecular weight excluding hydrogens is 642 g/mol. The lowest BCUT2D eigenvalue weighted by molar-refractivity contribution is -0.198. The summed E-state index contributed by atoms with van der Waals surface area (Å²) >= 11 is 1.43. The third-order valence-corrected chi connectivity index (χ3v) is 10.5. The fraction of sp³-hybridized carbons (Fsp3) is 0.486. The van der Waals surface area contributed by atoms with E-state index < -0.39 is 28.7 Å². The van der Waals surface area contributed by atoms with Gasteiger partial charge in [-0.25, -0.2) is 18.6 Å². The molecule has 0 radical (unpaired) electrons. The smallest absolute Gasteiger partial charge is 0.410 e. The zero-order chi connectivity index (χ0) is 34.2. The van der Waals surface area contributed by atoms with Crippen LogP contribution in [-0.4, -0.2) is 70.8 Å². The summed E-state index contributed by atoms with van der Waals surface area (Å²) in [4.78, 5) is 32.6. The van der Waals surface area contributed by atoms with Crippen LogP contribution in [0.3, 0.4) is 0 Å². The van der Waals surface area contributed by atoms with Crippen LogP contribution in [0.5, 0.6) is 5.75 Å². The number of methoxy groups -OCH3 is 2. The molecule has 48 heavy (non-hydrogen) atoms. The van der Waals surface area contributed by atoms with E-state index in [1.165, 1.54) is 31.6 Å². The number of halogens is 2. The lowest BCUT2D eigenvalue weighted by atomic mass is 9.34. The Balaban J connectivity index is 1.39. The molecule has 3 aliphatic carbocycles. The van der Waals surface area contributed by atoms with Gasteiger partial charge >= 0.3 is 12.1 Å². The SMILES string of the molecule is COCCOc1cc(F)cc(F)c1-c1c(-c2cc3n(n2)C[C@@H](C)N(C(=O)OC(C)(C)C)C3)nc(C23CC(C(=O)OC)(C2)C3)c2ccsc12. The molecule has 10 nitrogen and oxygen atoms in total. The van der Waals surface area contributed by atoms with Crippen molar-refractivity contribution in [2.24, 2.45) is 5.41 Å². The highest BCUT2D eigenvalue weighted by atomic mass is 32.1. The van der Waals surface area contributed by atoms with Crippen molar-refractivity contribution in [3.8, 4) is 28.3 Å². The van der Waals surface area contributed by atoms with Gasteiger partial charge in [-0.15, -0.1) is 11.3 Å². The molecule has 3 fully saturated rings. The zero-order valence-electron chi connectivity index (χ0n) is 27.8. The first-order valence-electron chi connectivity index (χ1n) is 16.0. The molecule has 254 valence electrons. The van der Waals surface area contributed by atoms with E-state index in [1.54, 1.807) is 4.90 Å². The monoisotopic (exact) mass is 680 g/mol. The molecule has 0 saturated heterocycles. The third-order valence-electron chi connectivity index (χ3n) is 9.61. The number of rotatable bonds is 8. The molecule has 4 heterocycles. The number of esters is 1.